The largest absolute Gasteiger partial charge is 0.486 e. The van der Waals surface area contributed by atoms with Crippen LogP contribution < -0.4 is 14.8 Å². The van der Waals surface area contributed by atoms with Gasteiger partial charge in [0, 0.05) is 23.7 Å². The van der Waals surface area contributed by atoms with Crippen LogP contribution in [-0.4, -0.2) is 31.2 Å². The molecule has 2 aromatic rings. The number of carbonyl (C=O) groups is 1. The van der Waals surface area contributed by atoms with Gasteiger partial charge in [-0.1, -0.05) is 0 Å². The summed E-state index contributed by atoms with van der Waals surface area (Å²) in [6, 6.07) is 5.39. The Balaban J connectivity index is 1.65. The van der Waals surface area contributed by atoms with Crippen LogP contribution in [0.1, 0.15) is 15.6 Å². The summed E-state index contributed by atoms with van der Waals surface area (Å²) in [4.78, 5) is 17.6. The van der Waals surface area contributed by atoms with E-state index in [1.54, 1.807) is 25.3 Å². The fourth-order valence-electron chi connectivity index (χ4n) is 2.31. The standard InChI is InChI=1S/C16H18N2O4S/c1-10-14(23-16(17-10)9-20-2)8-15(19)18-11-3-4-12-13(7-11)22-6-5-21-12/h3-4,7H,5-6,8-9H2,1-2H3,(H,18,19). The van der Waals surface area contributed by atoms with E-state index in [1.807, 2.05) is 6.92 Å². The van der Waals surface area contributed by atoms with E-state index in [1.165, 1.54) is 11.3 Å². The number of carbonyl (C=O) groups excluding carboxylic acids is 1. The highest BCUT2D eigenvalue weighted by Crippen LogP contribution is 2.32. The number of anilines is 1. The van der Waals surface area contributed by atoms with Gasteiger partial charge in [-0.2, -0.15) is 0 Å². The van der Waals surface area contributed by atoms with Gasteiger partial charge >= 0.3 is 0 Å². The maximum Gasteiger partial charge on any atom is 0.229 e. The van der Waals surface area contributed by atoms with E-state index >= 15 is 0 Å². The first kappa shape index (κ1) is 15.8. The van der Waals surface area contributed by atoms with Crippen molar-refractivity contribution in [1.82, 2.24) is 4.98 Å². The van der Waals surface area contributed by atoms with Gasteiger partial charge in [-0.3, -0.25) is 4.79 Å². The van der Waals surface area contributed by atoms with Crippen LogP contribution in [0.4, 0.5) is 5.69 Å². The predicted octanol–water partition coefficient (Wildman–Crippen LogP) is 2.55. The number of amides is 1. The molecule has 0 fully saturated rings. The summed E-state index contributed by atoms with van der Waals surface area (Å²) in [6.07, 6.45) is 0.293. The Kier molecular flexibility index (Phi) is 4.78. The third-order valence-corrected chi connectivity index (χ3v) is 4.48. The lowest BCUT2D eigenvalue weighted by Crippen LogP contribution is -2.17. The van der Waals surface area contributed by atoms with Gasteiger partial charge in [0.25, 0.3) is 0 Å². The van der Waals surface area contributed by atoms with E-state index in [2.05, 4.69) is 10.3 Å². The van der Waals surface area contributed by atoms with Crippen molar-refractivity contribution in [3.63, 3.8) is 0 Å². The number of rotatable bonds is 5. The summed E-state index contributed by atoms with van der Waals surface area (Å²) in [5.74, 6) is 1.28. The molecule has 3 rings (SSSR count). The van der Waals surface area contributed by atoms with Crippen LogP contribution in [0.2, 0.25) is 0 Å². The zero-order chi connectivity index (χ0) is 16.2. The summed E-state index contributed by atoms with van der Waals surface area (Å²) in [5.41, 5.74) is 1.57. The quantitative estimate of drug-likeness (QED) is 0.910. The summed E-state index contributed by atoms with van der Waals surface area (Å²) < 4.78 is 16.1. The number of aryl methyl sites for hydroxylation is 1. The molecular weight excluding hydrogens is 316 g/mol. The molecule has 0 atom stereocenters. The first-order valence-electron chi connectivity index (χ1n) is 7.29. The second kappa shape index (κ2) is 6.97. The minimum Gasteiger partial charge on any atom is -0.486 e. The lowest BCUT2D eigenvalue weighted by Gasteiger charge is -2.19. The van der Waals surface area contributed by atoms with Crippen molar-refractivity contribution < 1.29 is 19.0 Å². The van der Waals surface area contributed by atoms with E-state index < -0.39 is 0 Å². The number of ether oxygens (including phenoxy) is 3. The maximum absolute atomic E-state index is 12.2. The zero-order valence-electron chi connectivity index (χ0n) is 13.0. The van der Waals surface area contributed by atoms with Crippen molar-refractivity contribution in [3.05, 3.63) is 33.8 Å². The second-order valence-electron chi connectivity index (χ2n) is 5.13. The fraction of sp³-hybridized carbons (Fsp3) is 0.375. The fourth-order valence-corrected chi connectivity index (χ4v) is 3.35. The van der Waals surface area contributed by atoms with Crippen LogP contribution in [0.5, 0.6) is 11.5 Å². The number of thiazole rings is 1. The average molecular weight is 334 g/mol. The average Bonchev–Trinajstić information content (AvgIpc) is 2.87. The maximum atomic E-state index is 12.2. The Morgan fingerprint density at radius 3 is 2.91 bits per heavy atom. The molecule has 2 heterocycles. The van der Waals surface area contributed by atoms with Crippen molar-refractivity contribution in [2.24, 2.45) is 0 Å². The number of nitrogens with zero attached hydrogens (tertiary/aromatic N) is 1. The van der Waals surface area contributed by atoms with Crippen LogP contribution in [0.3, 0.4) is 0 Å². The molecule has 122 valence electrons. The highest BCUT2D eigenvalue weighted by atomic mass is 32.1. The van der Waals surface area contributed by atoms with Gasteiger partial charge in [-0.15, -0.1) is 11.3 Å². The molecule has 0 aliphatic carbocycles. The molecule has 0 bridgehead atoms. The highest BCUT2D eigenvalue weighted by molar-refractivity contribution is 7.11. The van der Waals surface area contributed by atoms with Gasteiger partial charge < -0.3 is 19.5 Å². The van der Waals surface area contributed by atoms with Gasteiger partial charge in [0.1, 0.15) is 18.2 Å². The van der Waals surface area contributed by atoms with Crippen molar-refractivity contribution >= 4 is 22.9 Å². The normalized spacial score (nSPS) is 13.0. The minimum absolute atomic E-state index is 0.0857. The van der Waals surface area contributed by atoms with Crippen molar-refractivity contribution in [1.29, 1.82) is 0 Å². The molecule has 0 saturated heterocycles. The van der Waals surface area contributed by atoms with Crippen LogP contribution in [0, 0.1) is 6.92 Å². The molecule has 1 aliphatic heterocycles. The molecule has 1 aromatic carbocycles. The molecule has 0 radical (unpaired) electrons. The highest BCUT2D eigenvalue weighted by Gasteiger charge is 2.15. The molecule has 6 nitrogen and oxygen atoms in total. The number of fused-ring (bicyclic) bond motifs is 1. The van der Waals surface area contributed by atoms with Crippen LogP contribution in [0.15, 0.2) is 18.2 Å². The van der Waals surface area contributed by atoms with Gasteiger partial charge in [0.15, 0.2) is 11.5 Å². The molecule has 0 unspecified atom stereocenters. The van der Waals surface area contributed by atoms with E-state index in [0.717, 1.165) is 15.6 Å². The summed E-state index contributed by atoms with van der Waals surface area (Å²) in [7, 11) is 1.63. The third kappa shape index (κ3) is 3.80. The smallest absolute Gasteiger partial charge is 0.229 e. The number of aromatic nitrogens is 1. The van der Waals surface area contributed by atoms with Gasteiger partial charge in [-0.25, -0.2) is 4.98 Å². The van der Waals surface area contributed by atoms with Gasteiger partial charge in [0.05, 0.1) is 18.7 Å². The van der Waals surface area contributed by atoms with Gasteiger partial charge in [-0.05, 0) is 19.1 Å². The Morgan fingerprint density at radius 1 is 1.35 bits per heavy atom. The zero-order valence-corrected chi connectivity index (χ0v) is 13.9. The lowest BCUT2D eigenvalue weighted by molar-refractivity contribution is -0.115. The van der Waals surface area contributed by atoms with Crippen LogP contribution in [-0.2, 0) is 22.6 Å². The second-order valence-corrected chi connectivity index (χ2v) is 6.30. The molecular formula is C16H18N2O4S. The van der Waals surface area contributed by atoms with E-state index in [-0.39, 0.29) is 5.91 Å². The van der Waals surface area contributed by atoms with E-state index in [4.69, 9.17) is 14.2 Å². The topological polar surface area (TPSA) is 69.7 Å². The molecule has 1 aromatic heterocycles. The molecule has 0 saturated carbocycles. The third-order valence-electron chi connectivity index (χ3n) is 3.35. The first-order valence-corrected chi connectivity index (χ1v) is 8.11. The summed E-state index contributed by atoms with van der Waals surface area (Å²) in [6.45, 7) is 3.44. The molecule has 1 aliphatic rings. The molecule has 7 heteroatoms. The minimum atomic E-state index is -0.0857. The number of hydrogen-bond donors (Lipinski definition) is 1. The Morgan fingerprint density at radius 2 is 2.13 bits per heavy atom. The number of methoxy groups -OCH3 is 1. The predicted molar refractivity (Wildman–Crippen MR) is 87.3 cm³/mol. The van der Waals surface area contributed by atoms with Crippen LogP contribution in [0.25, 0.3) is 0 Å². The first-order chi connectivity index (χ1) is 11.2. The summed E-state index contributed by atoms with van der Waals surface area (Å²) >= 11 is 1.50. The molecule has 1 N–H and O–H groups in total. The molecule has 1 amide bonds. The Bertz CT molecular complexity index is 714. The van der Waals surface area contributed by atoms with E-state index in [0.29, 0.717) is 43.4 Å². The molecule has 0 spiro atoms. The summed E-state index contributed by atoms with van der Waals surface area (Å²) in [5, 5.41) is 3.76. The number of benzene rings is 1. The number of nitrogens with one attached hydrogen (secondary N) is 1. The van der Waals surface area contributed by atoms with Crippen molar-refractivity contribution in [2.75, 3.05) is 25.6 Å². The Labute approximate surface area is 138 Å². The lowest BCUT2D eigenvalue weighted by atomic mass is 10.2. The van der Waals surface area contributed by atoms with Crippen molar-refractivity contribution in [3.8, 4) is 11.5 Å². The monoisotopic (exact) mass is 334 g/mol. The van der Waals surface area contributed by atoms with Crippen molar-refractivity contribution in [2.45, 2.75) is 20.0 Å². The number of hydrogen-bond acceptors (Lipinski definition) is 6. The van der Waals surface area contributed by atoms with Crippen LogP contribution >= 0.6 is 11.3 Å². The Hall–Kier alpha value is -2.12. The molecule has 23 heavy (non-hydrogen) atoms. The SMILES string of the molecule is COCc1nc(C)c(CC(=O)Nc2ccc3c(c2)OCCO3)s1. The van der Waals surface area contributed by atoms with Gasteiger partial charge in [0.2, 0.25) is 5.91 Å². The van der Waals surface area contributed by atoms with E-state index in [9.17, 15) is 4.79 Å².